The Bertz CT molecular complexity index is 1260. The number of nitrogens with zero attached hydrogens (tertiary/aromatic N) is 5. The number of hydrogen-bond acceptors (Lipinski definition) is 6. The van der Waals surface area contributed by atoms with Gasteiger partial charge in [0.1, 0.15) is 11.3 Å². The van der Waals surface area contributed by atoms with Crippen LogP contribution in [-0.2, 0) is 25.0 Å². The number of aryl methyl sites for hydroxylation is 1. The fraction of sp³-hybridized carbons (Fsp3) is 0.455. The maximum Gasteiger partial charge on any atom is 0.332 e. The summed E-state index contributed by atoms with van der Waals surface area (Å²) < 4.78 is 4.20. The zero-order valence-corrected chi connectivity index (χ0v) is 19.7. The minimum atomic E-state index is -0.502. The number of halogens is 1. The monoisotopic (exact) mass is 461 g/mol. The van der Waals surface area contributed by atoms with Gasteiger partial charge in [0.05, 0.1) is 0 Å². The SMILES string of the molecule is C/C(=N\OC(C)(C)C)c1nc2c(c(=O)n(CCCO)c(=O)n2C)n1Cc1ccc(Cl)cc1. The van der Waals surface area contributed by atoms with Gasteiger partial charge < -0.3 is 14.5 Å². The van der Waals surface area contributed by atoms with Crippen molar-refractivity contribution in [1.29, 1.82) is 0 Å². The molecule has 1 aromatic carbocycles. The number of aliphatic hydroxyl groups is 1. The summed E-state index contributed by atoms with van der Waals surface area (Å²) in [5, 5.41) is 14.0. The number of aliphatic hydroxyl groups excluding tert-OH is 1. The zero-order valence-electron chi connectivity index (χ0n) is 18.9. The highest BCUT2D eigenvalue weighted by molar-refractivity contribution is 6.30. The number of hydrogen-bond donors (Lipinski definition) is 1. The maximum atomic E-state index is 13.3. The van der Waals surface area contributed by atoms with Crippen LogP contribution < -0.4 is 11.2 Å². The van der Waals surface area contributed by atoms with E-state index >= 15 is 0 Å². The van der Waals surface area contributed by atoms with Crippen LogP contribution in [0, 0.1) is 0 Å². The Hall–Kier alpha value is -2.91. The predicted molar refractivity (Wildman–Crippen MR) is 125 cm³/mol. The summed E-state index contributed by atoms with van der Waals surface area (Å²) in [5.74, 6) is 0.422. The van der Waals surface area contributed by atoms with Crippen molar-refractivity contribution in [2.75, 3.05) is 6.61 Å². The summed E-state index contributed by atoms with van der Waals surface area (Å²) in [7, 11) is 1.57. The Kier molecular flexibility index (Phi) is 6.90. The fourth-order valence-corrected chi connectivity index (χ4v) is 3.37. The van der Waals surface area contributed by atoms with Crippen LogP contribution in [-0.4, -0.2) is 41.7 Å². The van der Waals surface area contributed by atoms with E-state index in [-0.39, 0.29) is 24.3 Å². The first kappa shape index (κ1) is 23.7. The maximum absolute atomic E-state index is 13.3. The number of oxime groups is 1. The van der Waals surface area contributed by atoms with Gasteiger partial charge in [-0.3, -0.25) is 13.9 Å². The van der Waals surface area contributed by atoms with Crippen molar-refractivity contribution in [3.05, 3.63) is 61.5 Å². The molecule has 32 heavy (non-hydrogen) atoms. The van der Waals surface area contributed by atoms with E-state index in [4.69, 9.17) is 16.4 Å². The summed E-state index contributed by atoms with van der Waals surface area (Å²) in [5.41, 5.74) is 0.453. The van der Waals surface area contributed by atoms with Gasteiger partial charge in [-0.05, 0) is 51.8 Å². The van der Waals surface area contributed by atoms with Gasteiger partial charge in [-0.15, -0.1) is 0 Å². The van der Waals surface area contributed by atoms with Crippen molar-refractivity contribution in [2.45, 2.75) is 52.8 Å². The van der Waals surface area contributed by atoms with Gasteiger partial charge >= 0.3 is 5.69 Å². The molecule has 10 heteroatoms. The van der Waals surface area contributed by atoms with Gasteiger partial charge in [-0.2, -0.15) is 0 Å². The first-order valence-electron chi connectivity index (χ1n) is 10.3. The molecule has 3 aromatic rings. The highest BCUT2D eigenvalue weighted by atomic mass is 35.5. The van der Waals surface area contributed by atoms with Gasteiger partial charge in [0.15, 0.2) is 17.0 Å². The van der Waals surface area contributed by atoms with Crippen molar-refractivity contribution in [3.63, 3.8) is 0 Å². The van der Waals surface area contributed by atoms with Crippen LogP contribution in [0.25, 0.3) is 11.2 Å². The quantitative estimate of drug-likeness (QED) is 0.430. The Morgan fingerprint density at radius 3 is 2.44 bits per heavy atom. The second-order valence-corrected chi connectivity index (χ2v) is 9.01. The smallest absolute Gasteiger partial charge is 0.332 e. The molecule has 0 aliphatic rings. The van der Waals surface area contributed by atoms with E-state index in [2.05, 4.69) is 10.1 Å². The minimum absolute atomic E-state index is 0.111. The molecule has 2 aromatic heterocycles. The second kappa shape index (κ2) is 9.30. The Labute approximate surface area is 190 Å². The van der Waals surface area contributed by atoms with E-state index in [1.54, 1.807) is 30.7 Å². The summed E-state index contributed by atoms with van der Waals surface area (Å²) >= 11 is 6.02. The molecule has 0 saturated carbocycles. The summed E-state index contributed by atoms with van der Waals surface area (Å²) in [6, 6.07) is 7.27. The molecule has 0 spiro atoms. The number of imidazole rings is 1. The molecular formula is C22H28ClN5O4. The number of rotatable bonds is 7. The lowest BCUT2D eigenvalue weighted by molar-refractivity contribution is 0.000854. The predicted octanol–water partition coefficient (Wildman–Crippen LogP) is 2.52. The van der Waals surface area contributed by atoms with E-state index in [1.165, 1.54) is 4.57 Å². The van der Waals surface area contributed by atoms with Gasteiger partial charge in [0.2, 0.25) is 0 Å². The Balaban J connectivity index is 2.28. The Morgan fingerprint density at radius 2 is 1.84 bits per heavy atom. The van der Waals surface area contributed by atoms with E-state index in [1.807, 2.05) is 32.9 Å². The molecule has 0 unspecified atom stereocenters. The van der Waals surface area contributed by atoms with Gasteiger partial charge in [0, 0.05) is 31.8 Å². The summed E-state index contributed by atoms with van der Waals surface area (Å²) in [6.45, 7) is 7.68. The number of aromatic nitrogens is 4. The molecule has 0 fully saturated rings. The molecule has 0 amide bonds. The number of fused-ring (bicyclic) bond motifs is 1. The first-order chi connectivity index (χ1) is 15.0. The van der Waals surface area contributed by atoms with Crippen LogP contribution in [0.1, 0.15) is 45.5 Å². The summed E-state index contributed by atoms with van der Waals surface area (Å²) in [4.78, 5) is 36.3. The molecule has 0 aliphatic carbocycles. The minimum Gasteiger partial charge on any atom is -0.396 e. The van der Waals surface area contributed by atoms with Gasteiger partial charge in [-0.25, -0.2) is 9.78 Å². The Morgan fingerprint density at radius 1 is 1.19 bits per heavy atom. The van der Waals surface area contributed by atoms with Crippen LogP contribution in [0.3, 0.4) is 0 Å². The standard InChI is InChI=1S/C22H28ClN5O4/c1-14(25-32-22(2,3)4)18-24-19-17(28(18)13-15-7-9-16(23)10-8-15)20(30)27(11-6-12-29)21(31)26(19)5/h7-10,29H,6,11-13H2,1-5H3/b25-14+. The van der Waals surface area contributed by atoms with Crippen molar-refractivity contribution < 1.29 is 9.94 Å². The third-order valence-electron chi connectivity index (χ3n) is 4.81. The van der Waals surface area contributed by atoms with Crippen LogP contribution in [0.2, 0.25) is 5.02 Å². The van der Waals surface area contributed by atoms with Crippen LogP contribution in [0.4, 0.5) is 0 Å². The molecule has 172 valence electrons. The van der Waals surface area contributed by atoms with Crippen LogP contribution >= 0.6 is 11.6 Å². The second-order valence-electron chi connectivity index (χ2n) is 8.58. The van der Waals surface area contributed by atoms with Crippen LogP contribution in [0.5, 0.6) is 0 Å². The van der Waals surface area contributed by atoms with Crippen LogP contribution in [0.15, 0.2) is 39.0 Å². The normalized spacial score (nSPS) is 12.5. The lowest BCUT2D eigenvalue weighted by Crippen LogP contribution is -2.40. The zero-order chi connectivity index (χ0) is 23.6. The molecule has 9 nitrogen and oxygen atoms in total. The van der Waals surface area contributed by atoms with E-state index in [9.17, 15) is 14.7 Å². The highest BCUT2D eigenvalue weighted by Gasteiger charge is 2.22. The third-order valence-corrected chi connectivity index (χ3v) is 5.06. The number of benzene rings is 1. The lowest BCUT2D eigenvalue weighted by Gasteiger charge is -2.16. The summed E-state index contributed by atoms with van der Waals surface area (Å²) in [6.07, 6.45) is 0.290. The van der Waals surface area contributed by atoms with Gasteiger partial charge in [-0.1, -0.05) is 28.9 Å². The molecule has 0 saturated heterocycles. The van der Waals surface area contributed by atoms with Crippen molar-refractivity contribution >= 4 is 28.5 Å². The molecule has 2 heterocycles. The molecule has 0 bridgehead atoms. The average molecular weight is 462 g/mol. The largest absolute Gasteiger partial charge is 0.396 e. The molecule has 0 radical (unpaired) electrons. The topological polar surface area (TPSA) is 104 Å². The lowest BCUT2D eigenvalue weighted by atomic mass is 10.2. The van der Waals surface area contributed by atoms with E-state index in [0.717, 1.165) is 10.1 Å². The molecule has 0 atom stereocenters. The molecule has 1 N–H and O–H groups in total. The molecule has 0 aliphatic heterocycles. The molecule has 3 rings (SSSR count). The first-order valence-corrected chi connectivity index (χ1v) is 10.7. The van der Waals surface area contributed by atoms with Gasteiger partial charge in [0.25, 0.3) is 5.56 Å². The van der Waals surface area contributed by atoms with Crippen molar-refractivity contribution in [2.24, 2.45) is 12.2 Å². The fourth-order valence-electron chi connectivity index (χ4n) is 3.25. The van der Waals surface area contributed by atoms with Crippen molar-refractivity contribution in [1.82, 2.24) is 18.7 Å². The highest BCUT2D eigenvalue weighted by Crippen LogP contribution is 2.18. The molecular weight excluding hydrogens is 434 g/mol. The third kappa shape index (κ3) is 4.94. The van der Waals surface area contributed by atoms with E-state index < -0.39 is 16.9 Å². The van der Waals surface area contributed by atoms with E-state index in [0.29, 0.717) is 29.5 Å². The van der Waals surface area contributed by atoms with Crippen molar-refractivity contribution in [3.8, 4) is 0 Å². The average Bonchev–Trinajstić information content (AvgIpc) is 3.11.